The molecule has 1 aliphatic heterocycles. The van der Waals surface area contributed by atoms with Crippen LogP contribution in [0.4, 0.5) is 0 Å². The maximum Gasteiger partial charge on any atom is 0.223 e. The van der Waals surface area contributed by atoms with Crippen LogP contribution in [0.15, 0.2) is 18.2 Å². The van der Waals surface area contributed by atoms with Gasteiger partial charge in [-0.2, -0.15) is 0 Å². The lowest BCUT2D eigenvalue weighted by Crippen LogP contribution is -2.48. The number of nitrogens with zero attached hydrogens (tertiary/aromatic N) is 1. The van der Waals surface area contributed by atoms with E-state index in [1.807, 2.05) is 25.1 Å². The fraction of sp³-hybridized carbons (Fsp3) is 0.556. The number of amides is 2. The molecule has 1 heterocycles. The molecule has 0 aromatic heterocycles. The number of benzene rings is 1. The average molecular weight is 334 g/mol. The first kappa shape index (κ1) is 18.1. The Morgan fingerprint density at radius 2 is 1.92 bits per heavy atom. The third-order valence-corrected chi connectivity index (χ3v) is 4.68. The maximum atomic E-state index is 12.5. The monoisotopic (exact) mass is 334 g/mol. The normalized spacial score (nSPS) is 20.5. The van der Waals surface area contributed by atoms with Crippen LogP contribution in [0.1, 0.15) is 31.7 Å². The van der Waals surface area contributed by atoms with Gasteiger partial charge in [0.05, 0.1) is 20.1 Å². The number of carbonyl (C=O) groups excluding carboxylic acids is 2. The lowest BCUT2D eigenvalue weighted by atomic mass is 9.92. The van der Waals surface area contributed by atoms with Crippen LogP contribution in [0.2, 0.25) is 0 Å². The van der Waals surface area contributed by atoms with E-state index in [0.717, 1.165) is 18.4 Å². The van der Waals surface area contributed by atoms with E-state index in [1.54, 1.807) is 19.1 Å². The Hall–Kier alpha value is -2.24. The fourth-order valence-corrected chi connectivity index (χ4v) is 3.12. The predicted octanol–water partition coefficient (Wildman–Crippen LogP) is 1.75. The molecule has 2 N–H and O–H groups in total. The highest BCUT2D eigenvalue weighted by molar-refractivity contribution is 5.80. The second kappa shape index (κ2) is 8.04. The van der Waals surface area contributed by atoms with Crippen LogP contribution in [0.3, 0.4) is 0 Å². The highest BCUT2D eigenvalue weighted by Gasteiger charge is 2.31. The van der Waals surface area contributed by atoms with Crippen molar-refractivity contribution in [3.8, 4) is 11.5 Å². The first-order chi connectivity index (χ1) is 11.5. The molecule has 0 unspecified atom stereocenters. The number of hydrogen-bond donors (Lipinski definition) is 1. The zero-order chi connectivity index (χ0) is 17.7. The first-order valence-corrected chi connectivity index (χ1v) is 8.26. The van der Waals surface area contributed by atoms with Gasteiger partial charge < -0.3 is 20.1 Å². The van der Waals surface area contributed by atoms with Crippen molar-refractivity contribution in [2.24, 2.45) is 11.7 Å². The van der Waals surface area contributed by atoms with E-state index in [2.05, 4.69) is 0 Å². The summed E-state index contributed by atoms with van der Waals surface area (Å²) in [5.74, 6) is 0.832. The van der Waals surface area contributed by atoms with Crippen LogP contribution in [-0.2, 0) is 16.0 Å². The molecule has 6 nitrogen and oxygen atoms in total. The third kappa shape index (κ3) is 4.19. The van der Waals surface area contributed by atoms with Crippen LogP contribution in [0.25, 0.3) is 0 Å². The van der Waals surface area contributed by atoms with Gasteiger partial charge in [-0.25, -0.2) is 0 Å². The van der Waals surface area contributed by atoms with E-state index in [9.17, 15) is 9.59 Å². The molecule has 1 aromatic rings. The number of piperidine rings is 1. The van der Waals surface area contributed by atoms with Crippen molar-refractivity contribution in [3.05, 3.63) is 23.8 Å². The van der Waals surface area contributed by atoms with E-state index < -0.39 is 0 Å². The second-order valence-electron chi connectivity index (χ2n) is 6.26. The minimum Gasteiger partial charge on any atom is -0.493 e. The topological polar surface area (TPSA) is 81.9 Å². The molecule has 1 aromatic carbocycles. The summed E-state index contributed by atoms with van der Waals surface area (Å²) in [7, 11) is 3.18. The minimum atomic E-state index is -0.320. The standard InChI is InChI=1S/C18H26N2O4/c1-12-4-7-14(18(19)22)11-20(12)17(21)9-6-13-5-8-15(23-2)16(10-13)24-3/h5,8,10,12,14H,4,6-7,9,11H2,1-3H3,(H2,19,22)/t12-,14+/m1/s1. The maximum absolute atomic E-state index is 12.5. The number of nitrogens with two attached hydrogens (primary N) is 1. The van der Waals surface area contributed by atoms with E-state index in [1.165, 1.54) is 0 Å². The van der Waals surface area contributed by atoms with E-state index in [0.29, 0.717) is 30.9 Å². The summed E-state index contributed by atoms with van der Waals surface area (Å²) in [5.41, 5.74) is 6.41. The highest BCUT2D eigenvalue weighted by Crippen LogP contribution is 2.28. The van der Waals surface area contributed by atoms with Crippen LogP contribution >= 0.6 is 0 Å². The lowest BCUT2D eigenvalue weighted by molar-refractivity contribution is -0.137. The number of methoxy groups -OCH3 is 2. The number of carbonyl (C=O) groups is 2. The zero-order valence-corrected chi connectivity index (χ0v) is 14.6. The number of hydrogen-bond acceptors (Lipinski definition) is 4. The van der Waals surface area contributed by atoms with Gasteiger partial charge in [0.2, 0.25) is 11.8 Å². The summed E-state index contributed by atoms with van der Waals surface area (Å²) < 4.78 is 10.5. The molecule has 2 amide bonds. The Labute approximate surface area is 142 Å². The molecule has 24 heavy (non-hydrogen) atoms. The van der Waals surface area contributed by atoms with Crippen LogP contribution in [0.5, 0.6) is 11.5 Å². The molecule has 1 saturated heterocycles. The molecule has 0 bridgehead atoms. The van der Waals surface area contributed by atoms with Crippen molar-refractivity contribution >= 4 is 11.8 Å². The number of ether oxygens (including phenoxy) is 2. The summed E-state index contributed by atoms with van der Waals surface area (Å²) in [4.78, 5) is 25.7. The van der Waals surface area contributed by atoms with E-state index in [4.69, 9.17) is 15.2 Å². The number of primary amides is 1. The molecule has 132 valence electrons. The van der Waals surface area contributed by atoms with Crippen molar-refractivity contribution < 1.29 is 19.1 Å². The van der Waals surface area contributed by atoms with Crippen LogP contribution in [-0.4, -0.2) is 43.5 Å². The molecule has 2 rings (SSSR count). The highest BCUT2D eigenvalue weighted by atomic mass is 16.5. The quantitative estimate of drug-likeness (QED) is 0.859. The molecule has 0 aliphatic carbocycles. The molecular weight excluding hydrogens is 308 g/mol. The van der Waals surface area contributed by atoms with Crippen molar-refractivity contribution in [3.63, 3.8) is 0 Å². The van der Waals surface area contributed by atoms with Gasteiger partial charge in [0.1, 0.15) is 0 Å². The minimum absolute atomic E-state index is 0.0586. The summed E-state index contributed by atoms with van der Waals surface area (Å²) >= 11 is 0. The van der Waals surface area contributed by atoms with Crippen LogP contribution < -0.4 is 15.2 Å². The second-order valence-corrected chi connectivity index (χ2v) is 6.26. The van der Waals surface area contributed by atoms with Gasteiger partial charge in [0.25, 0.3) is 0 Å². The molecule has 2 atom stereocenters. The zero-order valence-electron chi connectivity index (χ0n) is 14.6. The molecule has 0 spiro atoms. The van der Waals surface area contributed by atoms with Gasteiger partial charge >= 0.3 is 0 Å². The first-order valence-electron chi connectivity index (χ1n) is 8.26. The number of aryl methyl sites for hydroxylation is 1. The van der Waals surface area contributed by atoms with Crippen molar-refractivity contribution in [1.82, 2.24) is 4.90 Å². The Kier molecular flexibility index (Phi) is 6.06. The van der Waals surface area contributed by atoms with Crippen LogP contribution in [0, 0.1) is 5.92 Å². The molecule has 1 aliphatic rings. The summed E-state index contributed by atoms with van der Waals surface area (Å²) in [6, 6.07) is 5.81. The molecule has 0 radical (unpaired) electrons. The third-order valence-electron chi connectivity index (χ3n) is 4.68. The SMILES string of the molecule is COc1ccc(CCC(=O)N2C[C@@H](C(N)=O)CC[C@H]2C)cc1OC. The van der Waals surface area contributed by atoms with Gasteiger partial charge in [-0.15, -0.1) is 0 Å². The molecule has 6 heteroatoms. The summed E-state index contributed by atoms with van der Waals surface area (Å²) in [5, 5.41) is 0. The van der Waals surface area contributed by atoms with E-state index >= 15 is 0 Å². The predicted molar refractivity (Wildman–Crippen MR) is 91.0 cm³/mol. The fourth-order valence-electron chi connectivity index (χ4n) is 3.12. The van der Waals surface area contributed by atoms with Gasteiger partial charge in [-0.3, -0.25) is 9.59 Å². The Balaban J connectivity index is 1.98. The Morgan fingerprint density at radius 1 is 1.21 bits per heavy atom. The Bertz CT molecular complexity index is 603. The summed E-state index contributed by atoms with van der Waals surface area (Å²) in [6.45, 7) is 2.45. The summed E-state index contributed by atoms with van der Waals surface area (Å²) in [6.07, 6.45) is 2.58. The molecule has 0 saturated carbocycles. The van der Waals surface area contributed by atoms with E-state index in [-0.39, 0.29) is 23.8 Å². The van der Waals surface area contributed by atoms with Gasteiger partial charge in [0.15, 0.2) is 11.5 Å². The Morgan fingerprint density at radius 3 is 2.54 bits per heavy atom. The van der Waals surface area contributed by atoms with Crippen molar-refractivity contribution in [2.45, 2.75) is 38.6 Å². The molecular formula is C18H26N2O4. The van der Waals surface area contributed by atoms with Crippen molar-refractivity contribution in [1.29, 1.82) is 0 Å². The smallest absolute Gasteiger partial charge is 0.223 e. The van der Waals surface area contributed by atoms with Crippen molar-refractivity contribution in [2.75, 3.05) is 20.8 Å². The largest absolute Gasteiger partial charge is 0.493 e. The molecule has 1 fully saturated rings. The number of rotatable bonds is 6. The van der Waals surface area contributed by atoms with Gasteiger partial charge in [-0.05, 0) is 43.9 Å². The lowest BCUT2D eigenvalue weighted by Gasteiger charge is -2.37. The number of likely N-dealkylation sites (tertiary alicyclic amines) is 1. The average Bonchev–Trinajstić information content (AvgIpc) is 2.59. The van der Waals surface area contributed by atoms with Gasteiger partial charge in [0, 0.05) is 19.0 Å². The van der Waals surface area contributed by atoms with Gasteiger partial charge in [-0.1, -0.05) is 6.07 Å².